The van der Waals surface area contributed by atoms with E-state index in [1.807, 2.05) is 0 Å². The third kappa shape index (κ3) is 2.78. The van der Waals surface area contributed by atoms with Crippen molar-refractivity contribution in [2.24, 2.45) is 22.7 Å². The van der Waals surface area contributed by atoms with Crippen molar-refractivity contribution in [3.8, 4) is 11.5 Å². The van der Waals surface area contributed by atoms with Crippen molar-refractivity contribution >= 4 is 11.9 Å². The molecule has 6 atom stereocenters. The van der Waals surface area contributed by atoms with Crippen molar-refractivity contribution in [3.63, 3.8) is 0 Å². The van der Waals surface area contributed by atoms with E-state index in [0.717, 1.165) is 24.2 Å². The molecule has 1 spiro atoms. The summed E-state index contributed by atoms with van der Waals surface area (Å²) >= 11 is 0. The predicted molar refractivity (Wildman–Crippen MR) is 123 cm³/mol. The monoisotopic (exact) mass is 473 g/mol. The zero-order valence-corrected chi connectivity index (χ0v) is 20.3. The first-order valence-corrected chi connectivity index (χ1v) is 12.3. The molecule has 0 saturated heterocycles. The standard InChI is InChI=1S/C26H35NO7/c1-13-5-6-19-24(2,3)20(30)7-8-25(19,4)26(13)10-15-18(29)9-14-16(21(15)34-26)11-27(22(14)31)17(12-28)23(32)33/h9,13,17,19-20,28-30H,5-8,10-12H2,1-4H3,(H,32,33)/t13-,17+,19-,20+,25-,26+/m1/s1. The molecule has 1 aromatic rings. The normalized spacial score (nSPS) is 36.6. The van der Waals surface area contributed by atoms with E-state index >= 15 is 0 Å². The Morgan fingerprint density at radius 2 is 1.94 bits per heavy atom. The second-order valence-electron chi connectivity index (χ2n) is 11.7. The molecule has 0 unspecified atom stereocenters. The number of carbonyl (C=O) groups excluding carboxylic acids is 1. The minimum atomic E-state index is -1.36. The fraction of sp³-hybridized carbons (Fsp3) is 0.692. The Balaban J connectivity index is 1.59. The van der Waals surface area contributed by atoms with Gasteiger partial charge < -0.3 is 30.1 Å². The van der Waals surface area contributed by atoms with Gasteiger partial charge in [0.25, 0.3) is 5.91 Å². The molecule has 2 aliphatic heterocycles. The third-order valence-electron chi connectivity index (χ3n) is 9.96. The second kappa shape index (κ2) is 7.34. The molecular weight excluding hydrogens is 438 g/mol. The maximum atomic E-state index is 13.1. The van der Waals surface area contributed by atoms with E-state index in [2.05, 4.69) is 27.7 Å². The number of rotatable bonds is 3. The summed E-state index contributed by atoms with van der Waals surface area (Å²) in [6.45, 7) is 8.04. The SMILES string of the molecule is C[C@@H]1CC[C@@H]2C(C)(C)[C@@H](O)CC[C@@]2(C)[C@]12Cc1c(O)cc3c(c1O2)CN([C@@H](CO)C(=O)O)C3=O. The third-order valence-corrected chi connectivity index (χ3v) is 9.96. The molecule has 5 rings (SSSR count). The Labute approximate surface area is 199 Å². The number of carboxylic acids is 1. The summed E-state index contributed by atoms with van der Waals surface area (Å²) in [6, 6.07) is 0.0704. The largest absolute Gasteiger partial charge is 0.508 e. The average Bonchev–Trinajstić information content (AvgIpc) is 3.32. The molecule has 4 N–H and O–H groups in total. The number of aliphatic hydroxyl groups excluding tert-OH is 2. The summed E-state index contributed by atoms with van der Waals surface area (Å²) in [5.74, 6) is -0.897. The van der Waals surface area contributed by atoms with Crippen LogP contribution < -0.4 is 4.74 Å². The van der Waals surface area contributed by atoms with Gasteiger partial charge in [-0.1, -0.05) is 27.7 Å². The van der Waals surface area contributed by atoms with E-state index in [9.17, 15) is 30.0 Å². The number of nitrogens with zero attached hydrogens (tertiary/aromatic N) is 1. The van der Waals surface area contributed by atoms with Gasteiger partial charge in [-0.2, -0.15) is 0 Å². The zero-order chi connectivity index (χ0) is 24.8. The molecule has 1 aromatic carbocycles. The van der Waals surface area contributed by atoms with E-state index < -0.39 is 30.1 Å². The number of carboxylic acid groups (broad SMARTS) is 1. The number of phenolic OH excluding ortho intramolecular Hbond substituents is 1. The first-order valence-electron chi connectivity index (χ1n) is 12.3. The molecular formula is C26H35NO7. The molecule has 8 heteroatoms. The number of fused-ring (bicyclic) bond motifs is 5. The van der Waals surface area contributed by atoms with Gasteiger partial charge >= 0.3 is 5.97 Å². The number of hydrogen-bond donors (Lipinski definition) is 4. The van der Waals surface area contributed by atoms with Crippen LogP contribution in [0, 0.1) is 22.7 Å². The van der Waals surface area contributed by atoms with Crippen molar-refractivity contribution in [3.05, 3.63) is 22.8 Å². The van der Waals surface area contributed by atoms with E-state index in [-0.39, 0.29) is 46.6 Å². The van der Waals surface area contributed by atoms with Crippen molar-refractivity contribution in [2.45, 2.75) is 84.1 Å². The number of carbonyl (C=O) groups is 2. The summed E-state index contributed by atoms with van der Waals surface area (Å²) in [4.78, 5) is 25.8. The van der Waals surface area contributed by atoms with Gasteiger partial charge in [-0.3, -0.25) is 4.79 Å². The van der Waals surface area contributed by atoms with E-state index in [0.29, 0.717) is 29.7 Å². The summed E-state index contributed by atoms with van der Waals surface area (Å²) in [5, 5.41) is 40.9. The van der Waals surface area contributed by atoms with E-state index in [1.165, 1.54) is 6.07 Å². The smallest absolute Gasteiger partial charge is 0.328 e. The fourth-order valence-corrected chi connectivity index (χ4v) is 7.85. The van der Waals surface area contributed by atoms with Crippen LogP contribution in [0.15, 0.2) is 6.07 Å². The average molecular weight is 474 g/mol. The maximum absolute atomic E-state index is 13.1. The lowest BCUT2D eigenvalue weighted by molar-refractivity contribution is -0.210. The lowest BCUT2D eigenvalue weighted by atomic mass is 9.43. The fourth-order valence-electron chi connectivity index (χ4n) is 7.85. The minimum Gasteiger partial charge on any atom is -0.508 e. The number of benzene rings is 1. The van der Waals surface area contributed by atoms with E-state index in [4.69, 9.17) is 4.74 Å². The van der Waals surface area contributed by atoms with Crippen molar-refractivity contribution in [1.29, 1.82) is 0 Å². The molecule has 2 aliphatic carbocycles. The maximum Gasteiger partial charge on any atom is 0.328 e. The van der Waals surface area contributed by atoms with Gasteiger partial charge in [0, 0.05) is 23.0 Å². The van der Waals surface area contributed by atoms with Gasteiger partial charge in [0.15, 0.2) is 6.04 Å². The summed E-state index contributed by atoms with van der Waals surface area (Å²) < 4.78 is 6.91. The van der Waals surface area contributed by atoms with Gasteiger partial charge in [-0.15, -0.1) is 0 Å². The quantitative estimate of drug-likeness (QED) is 0.531. The van der Waals surface area contributed by atoms with Crippen LogP contribution in [0.1, 0.15) is 74.9 Å². The van der Waals surface area contributed by atoms with Gasteiger partial charge in [0.1, 0.15) is 17.1 Å². The van der Waals surface area contributed by atoms with Crippen LogP contribution in [0.3, 0.4) is 0 Å². The highest BCUT2D eigenvalue weighted by Crippen LogP contribution is 2.67. The molecule has 0 radical (unpaired) electrons. The van der Waals surface area contributed by atoms with E-state index in [1.54, 1.807) is 0 Å². The van der Waals surface area contributed by atoms with Crippen molar-refractivity contribution < 1.29 is 34.8 Å². The summed E-state index contributed by atoms with van der Waals surface area (Å²) in [6.07, 6.45) is 3.55. The first-order chi connectivity index (χ1) is 15.9. The number of hydrogen-bond acceptors (Lipinski definition) is 6. The topological polar surface area (TPSA) is 128 Å². The van der Waals surface area contributed by atoms with Crippen LogP contribution in [0.2, 0.25) is 0 Å². The molecule has 2 saturated carbocycles. The Kier molecular flexibility index (Phi) is 5.06. The Hall–Kier alpha value is -2.32. The molecule has 34 heavy (non-hydrogen) atoms. The van der Waals surface area contributed by atoms with Crippen LogP contribution in [0.5, 0.6) is 11.5 Å². The Morgan fingerprint density at radius 3 is 2.59 bits per heavy atom. The molecule has 0 bridgehead atoms. The highest BCUT2D eigenvalue weighted by Gasteiger charge is 2.67. The van der Waals surface area contributed by atoms with Crippen LogP contribution >= 0.6 is 0 Å². The molecule has 186 valence electrons. The van der Waals surface area contributed by atoms with Gasteiger partial charge in [-0.05, 0) is 49.0 Å². The Morgan fingerprint density at radius 1 is 1.24 bits per heavy atom. The minimum absolute atomic E-state index is 0.00951. The predicted octanol–water partition coefficient (Wildman–Crippen LogP) is 2.70. The van der Waals surface area contributed by atoms with Gasteiger partial charge in [0.05, 0.1) is 24.8 Å². The van der Waals surface area contributed by atoms with Gasteiger partial charge in [0.2, 0.25) is 0 Å². The number of aliphatic carboxylic acids is 1. The second-order valence-corrected chi connectivity index (χ2v) is 11.7. The number of ether oxygens (including phenoxy) is 1. The van der Waals surface area contributed by atoms with Crippen molar-refractivity contribution in [1.82, 2.24) is 4.90 Å². The summed E-state index contributed by atoms with van der Waals surface area (Å²) in [7, 11) is 0. The molecule has 0 aromatic heterocycles. The number of aliphatic hydroxyl groups is 2. The van der Waals surface area contributed by atoms with Crippen LogP contribution in [0.4, 0.5) is 0 Å². The molecule has 2 fully saturated rings. The summed E-state index contributed by atoms with van der Waals surface area (Å²) in [5.41, 5.74) is 0.372. The molecule has 4 aliphatic rings. The van der Waals surface area contributed by atoms with Crippen LogP contribution in [0.25, 0.3) is 0 Å². The van der Waals surface area contributed by atoms with Crippen molar-refractivity contribution in [2.75, 3.05) is 6.61 Å². The number of amides is 1. The number of aromatic hydroxyl groups is 1. The lowest BCUT2D eigenvalue weighted by Gasteiger charge is -2.64. The molecule has 2 heterocycles. The van der Waals surface area contributed by atoms with Crippen LogP contribution in [-0.2, 0) is 17.8 Å². The molecule has 8 nitrogen and oxygen atoms in total. The highest BCUT2D eigenvalue weighted by atomic mass is 16.5. The Bertz CT molecular complexity index is 1070. The van der Waals surface area contributed by atoms with Gasteiger partial charge in [-0.25, -0.2) is 4.79 Å². The zero-order valence-electron chi connectivity index (χ0n) is 20.3. The first kappa shape index (κ1) is 23.4. The van der Waals surface area contributed by atoms with Crippen LogP contribution in [-0.4, -0.2) is 61.6 Å². The highest BCUT2D eigenvalue weighted by molar-refractivity contribution is 6.02. The lowest BCUT2D eigenvalue weighted by Crippen LogP contribution is -2.66. The molecule has 1 amide bonds. The number of phenols is 1.